The highest BCUT2D eigenvalue weighted by molar-refractivity contribution is 7.89. The Kier molecular flexibility index (Phi) is 5.18. The van der Waals surface area contributed by atoms with Crippen LogP contribution < -0.4 is 0 Å². The molecule has 0 bridgehead atoms. The van der Waals surface area contributed by atoms with E-state index >= 15 is 0 Å². The van der Waals surface area contributed by atoms with Crippen molar-refractivity contribution in [1.82, 2.24) is 8.87 Å². The lowest BCUT2D eigenvalue weighted by Gasteiger charge is -2.25. The van der Waals surface area contributed by atoms with Gasteiger partial charge in [0.15, 0.2) is 0 Å². The van der Waals surface area contributed by atoms with Gasteiger partial charge in [-0.2, -0.15) is 4.31 Å². The first-order valence-corrected chi connectivity index (χ1v) is 7.88. The minimum Gasteiger partial charge on any atom is -0.390 e. The Morgan fingerprint density at radius 2 is 1.95 bits per heavy atom. The van der Waals surface area contributed by atoms with Crippen molar-refractivity contribution < 1.29 is 13.5 Å². The van der Waals surface area contributed by atoms with E-state index in [0.717, 1.165) is 6.42 Å². The van der Waals surface area contributed by atoms with E-state index in [0.29, 0.717) is 11.6 Å². The normalized spacial score (nSPS) is 14.3. The summed E-state index contributed by atoms with van der Waals surface area (Å²) in [6, 6.07) is 1.47. The lowest BCUT2D eigenvalue weighted by atomic mass is 10.1. The van der Waals surface area contributed by atoms with E-state index in [1.54, 1.807) is 24.9 Å². The fraction of sp³-hybridized carbons (Fsp3) is 0.692. The summed E-state index contributed by atoms with van der Waals surface area (Å²) in [5.74, 6) is 0.441. The first-order valence-electron chi connectivity index (χ1n) is 6.44. The van der Waals surface area contributed by atoms with Gasteiger partial charge in [0.25, 0.3) is 0 Å². The molecule has 1 aromatic heterocycles. The average molecular weight is 288 g/mol. The summed E-state index contributed by atoms with van der Waals surface area (Å²) in [4.78, 5) is 0.233. The van der Waals surface area contributed by atoms with Crippen LogP contribution in [0.1, 0.15) is 32.9 Å². The van der Waals surface area contributed by atoms with Gasteiger partial charge in [-0.15, -0.1) is 0 Å². The van der Waals surface area contributed by atoms with E-state index in [1.807, 2.05) is 6.92 Å². The zero-order valence-corrected chi connectivity index (χ0v) is 13.1. The molecule has 0 aliphatic heterocycles. The zero-order valence-electron chi connectivity index (χ0n) is 12.3. The van der Waals surface area contributed by atoms with E-state index in [1.165, 1.54) is 10.4 Å². The van der Waals surface area contributed by atoms with Gasteiger partial charge < -0.3 is 9.67 Å². The van der Waals surface area contributed by atoms with E-state index in [-0.39, 0.29) is 17.5 Å². The van der Waals surface area contributed by atoms with Crippen LogP contribution in [-0.2, 0) is 23.7 Å². The summed E-state index contributed by atoms with van der Waals surface area (Å²) in [6.45, 7) is 5.89. The largest absolute Gasteiger partial charge is 0.390 e. The molecule has 1 N–H and O–H groups in total. The SMILES string of the molecule is CC(C)CC(C)N(C)S(=O)(=O)c1cc(CO)n(C)c1. The van der Waals surface area contributed by atoms with Gasteiger partial charge in [0.1, 0.15) is 4.90 Å². The van der Waals surface area contributed by atoms with Crippen LogP contribution >= 0.6 is 0 Å². The van der Waals surface area contributed by atoms with E-state index in [4.69, 9.17) is 5.11 Å². The molecular weight excluding hydrogens is 264 g/mol. The van der Waals surface area contributed by atoms with Crippen molar-refractivity contribution in [3.63, 3.8) is 0 Å². The highest BCUT2D eigenvalue weighted by atomic mass is 32.2. The number of rotatable bonds is 6. The van der Waals surface area contributed by atoms with Crippen LogP contribution in [0, 0.1) is 5.92 Å². The molecule has 5 nitrogen and oxygen atoms in total. The van der Waals surface area contributed by atoms with Crippen molar-refractivity contribution in [1.29, 1.82) is 0 Å². The molecule has 19 heavy (non-hydrogen) atoms. The number of aliphatic hydroxyl groups is 1. The summed E-state index contributed by atoms with van der Waals surface area (Å²) in [5, 5.41) is 9.13. The molecule has 1 aromatic rings. The second-order valence-electron chi connectivity index (χ2n) is 5.44. The third-order valence-electron chi connectivity index (χ3n) is 3.36. The maximum atomic E-state index is 12.5. The number of aliphatic hydroxyl groups excluding tert-OH is 1. The summed E-state index contributed by atoms with van der Waals surface area (Å²) in [5.41, 5.74) is 0.587. The highest BCUT2D eigenvalue weighted by Crippen LogP contribution is 2.21. The minimum absolute atomic E-state index is 0.0530. The van der Waals surface area contributed by atoms with Crippen molar-refractivity contribution in [2.45, 2.75) is 44.7 Å². The van der Waals surface area contributed by atoms with Gasteiger partial charge in [-0.05, 0) is 25.3 Å². The van der Waals surface area contributed by atoms with Gasteiger partial charge in [0, 0.05) is 32.0 Å². The molecule has 6 heteroatoms. The van der Waals surface area contributed by atoms with Crippen LogP contribution in [0.25, 0.3) is 0 Å². The van der Waals surface area contributed by atoms with Crippen LogP contribution in [0.15, 0.2) is 17.2 Å². The molecule has 1 unspecified atom stereocenters. The van der Waals surface area contributed by atoms with Crippen LogP contribution in [0.2, 0.25) is 0 Å². The zero-order chi connectivity index (χ0) is 14.8. The molecule has 0 aliphatic rings. The predicted octanol–water partition coefficient (Wildman–Crippen LogP) is 1.57. The first kappa shape index (κ1) is 16.2. The Labute approximate surface area is 115 Å². The quantitative estimate of drug-likeness (QED) is 0.864. The van der Waals surface area contributed by atoms with Gasteiger partial charge in [-0.25, -0.2) is 8.42 Å². The predicted molar refractivity (Wildman–Crippen MR) is 75.2 cm³/mol. The molecule has 0 saturated carbocycles. The molecule has 0 radical (unpaired) electrons. The van der Waals surface area contributed by atoms with Crippen LogP contribution in [-0.4, -0.2) is 35.5 Å². The summed E-state index contributed by atoms with van der Waals surface area (Å²) in [7, 11) is -0.165. The Morgan fingerprint density at radius 1 is 1.37 bits per heavy atom. The van der Waals surface area contributed by atoms with Crippen molar-refractivity contribution in [2.75, 3.05) is 7.05 Å². The highest BCUT2D eigenvalue weighted by Gasteiger charge is 2.27. The second kappa shape index (κ2) is 6.07. The molecule has 1 rings (SSSR count). The number of hydrogen-bond donors (Lipinski definition) is 1. The number of aromatic nitrogens is 1. The van der Waals surface area contributed by atoms with Crippen LogP contribution in [0.4, 0.5) is 0 Å². The Balaban J connectivity index is 3.02. The molecule has 0 saturated heterocycles. The number of sulfonamides is 1. The lowest BCUT2D eigenvalue weighted by molar-refractivity contribution is 0.272. The summed E-state index contributed by atoms with van der Waals surface area (Å²) >= 11 is 0. The van der Waals surface area contributed by atoms with Gasteiger partial charge in [-0.3, -0.25) is 0 Å². The molecule has 0 spiro atoms. The van der Waals surface area contributed by atoms with Gasteiger partial charge in [0.2, 0.25) is 10.0 Å². The molecule has 1 atom stereocenters. The lowest BCUT2D eigenvalue weighted by Crippen LogP contribution is -2.35. The van der Waals surface area contributed by atoms with Crippen molar-refractivity contribution in [2.24, 2.45) is 13.0 Å². The minimum atomic E-state index is -3.49. The van der Waals surface area contributed by atoms with Gasteiger partial charge in [-0.1, -0.05) is 13.8 Å². The van der Waals surface area contributed by atoms with Gasteiger partial charge >= 0.3 is 0 Å². The number of aryl methyl sites for hydroxylation is 1. The maximum absolute atomic E-state index is 12.5. The molecular formula is C13H24N2O3S. The number of hydrogen-bond acceptors (Lipinski definition) is 3. The first-order chi connectivity index (χ1) is 8.70. The molecule has 0 amide bonds. The van der Waals surface area contributed by atoms with Crippen LogP contribution in [0.5, 0.6) is 0 Å². The van der Waals surface area contributed by atoms with Gasteiger partial charge in [0.05, 0.1) is 6.61 Å². The molecule has 0 aliphatic carbocycles. The molecule has 0 aromatic carbocycles. The average Bonchev–Trinajstić information content (AvgIpc) is 2.69. The number of nitrogens with zero attached hydrogens (tertiary/aromatic N) is 2. The smallest absolute Gasteiger partial charge is 0.244 e. The standard InChI is InChI=1S/C13H24N2O3S/c1-10(2)6-11(3)15(5)19(17,18)13-7-12(9-16)14(4)8-13/h7-8,10-11,16H,6,9H2,1-5H3. The molecule has 110 valence electrons. The second-order valence-corrected chi connectivity index (χ2v) is 7.43. The summed E-state index contributed by atoms with van der Waals surface area (Å²) in [6.07, 6.45) is 2.36. The fourth-order valence-corrected chi connectivity index (χ4v) is 3.58. The maximum Gasteiger partial charge on any atom is 0.244 e. The third-order valence-corrected chi connectivity index (χ3v) is 5.29. The van der Waals surface area contributed by atoms with Crippen LogP contribution in [0.3, 0.4) is 0 Å². The monoisotopic (exact) mass is 288 g/mol. The van der Waals surface area contributed by atoms with Crippen molar-refractivity contribution >= 4 is 10.0 Å². The molecule has 0 fully saturated rings. The topological polar surface area (TPSA) is 62.5 Å². The Morgan fingerprint density at radius 3 is 2.37 bits per heavy atom. The van der Waals surface area contributed by atoms with E-state index in [9.17, 15) is 8.42 Å². The summed E-state index contributed by atoms with van der Waals surface area (Å²) < 4.78 is 28.0. The third kappa shape index (κ3) is 3.58. The van der Waals surface area contributed by atoms with E-state index < -0.39 is 10.0 Å². The van der Waals surface area contributed by atoms with E-state index in [2.05, 4.69) is 13.8 Å². The fourth-order valence-electron chi connectivity index (χ4n) is 2.11. The van der Waals surface area contributed by atoms with Crippen molar-refractivity contribution in [3.8, 4) is 0 Å². The van der Waals surface area contributed by atoms with Crippen molar-refractivity contribution in [3.05, 3.63) is 18.0 Å². The Hall–Kier alpha value is -0.850. The Bertz CT molecular complexity index is 520. The molecule has 1 heterocycles.